The molecule has 6 heteroatoms. The lowest BCUT2D eigenvalue weighted by Crippen LogP contribution is -2.05. The van der Waals surface area contributed by atoms with Crippen LogP contribution in [-0.2, 0) is 4.74 Å². The van der Waals surface area contributed by atoms with Crippen molar-refractivity contribution in [1.29, 1.82) is 5.26 Å². The molecule has 0 amide bonds. The van der Waals surface area contributed by atoms with Gasteiger partial charge in [-0.15, -0.1) is 0 Å². The summed E-state index contributed by atoms with van der Waals surface area (Å²) in [5.41, 5.74) is 4.74. The lowest BCUT2D eigenvalue weighted by Gasteiger charge is -2.13. The molecule has 2 heterocycles. The molecule has 4 rings (SSSR count). The van der Waals surface area contributed by atoms with E-state index in [0.29, 0.717) is 33.0 Å². The SMILES string of the molecule is CCOC(=O)c1cccc2c1nc1c(C#N)c(C)c(-c3ccccc3)c(Cl)n12. The summed E-state index contributed by atoms with van der Waals surface area (Å²) in [6.07, 6.45) is 0. The first-order valence-corrected chi connectivity index (χ1v) is 9.22. The number of hydrogen-bond acceptors (Lipinski definition) is 4. The predicted octanol–water partition coefficient (Wildman–Crippen LogP) is 5.16. The topological polar surface area (TPSA) is 67.4 Å². The highest BCUT2D eigenvalue weighted by Crippen LogP contribution is 2.37. The van der Waals surface area contributed by atoms with Gasteiger partial charge >= 0.3 is 5.97 Å². The zero-order valence-electron chi connectivity index (χ0n) is 15.4. The van der Waals surface area contributed by atoms with Crippen LogP contribution in [0.5, 0.6) is 0 Å². The largest absolute Gasteiger partial charge is 0.462 e. The molecule has 0 aliphatic carbocycles. The molecule has 0 saturated heterocycles. The van der Waals surface area contributed by atoms with Gasteiger partial charge in [0, 0.05) is 5.56 Å². The van der Waals surface area contributed by atoms with Crippen molar-refractivity contribution >= 4 is 34.3 Å². The van der Waals surface area contributed by atoms with Gasteiger partial charge in [0.25, 0.3) is 0 Å². The van der Waals surface area contributed by atoms with E-state index in [-0.39, 0.29) is 6.61 Å². The van der Waals surface area contributed by atoms with Gasteiger partial charge in [0.05, 0.1) is 23.3 Å². The van der Waals surface area contributed by atoms with Gasteiger partial charge in [0.15, 0.2) is 5.65 Å². The van der Waals surface area contributed by atoms with E-state index in [1.807, 2.05) is 43.3 Å². The lowest BCUT2D eigenvalue weighted by atomic mass is 9.99. The number of imidazole rings is 1. The molecule has 0 unspecified atom stereocenters. The van der Waals surface area contributed by atoms with Crippen LogP contribution in [-0.4, -0.2) is 22.0 Å². The minimum absolute atomic E-state index is 0.268. The molecular weight excluding hydrogens is 374 g/mol. The van der Waals surface area contributed by atoms with Gasteiger partial charge in [-0.25, -0.2) is 9.78 Å². The van der Waals surface area contributed by atoms with Crippen molar-refractivity contribution in [1.82, 2.24) is 9.38 Å². The molecule has 0 saturated carbocycles. The average Bonchev–Trinajstić information content (AvgIpc) is 3.09. The van der Waals surface area contributed by atoms with Crippen LogP contribution in [0.1, 0.15) is 28.4 Å². The Balaban J connectivity index is 2.15. The number of aromatic nitrogens is 2. The zero-order valence-corrected chi connectivity index (χ0v) is 16.1. The second-order valence-corrected chi connectivity index (χ2v) is 6.67. The van der Waals surface area contributed by atoms with E-state index < -0.39 is 5.97 Å². The maximum Gasteiger partial charge on any atom is 0.340 e. The normalized spacial score (nSPS) is 10.9. The second-order valence-electron chi connectivity index (χ2n) is 6.31. The third kappa shape index (κ3) is 2.62. The van der Waals surface area contributed by atoms with E-state index in [2.05, 4.69) is 11.1 Å². The van der Waals surface area contributed by atoms with Crippen molar-refractivity contribution in [3.8, 4) is 17.2 Å². The number of esters is 1. The Bertz CT molecular complexity index is 1270. The maximum absolute atomic E-state index is 12.4. The number of ether oxygens (including phenoxy) is 1. The fraction of sp³-hybridized carbons (Fsp3) is 0.136. The summed E-state index contributed by atoms with van der Waals surface area (Å²) in [5.74, 6) is -0.453. The van der Waals surface area contributed by atoms with Crippen molar-refractivity contribution in [3.05, 3.63) is 70.4 Å². The Morgan fingerprint density at radius 1 is 1.21 bits per heavy atom. The highest BCUT2D eigenvalue weighted by molar-refractivity contribution is 6.33. The number of carbonyl (C=O) groups is 1. The molecule has 0 spiro atoms. The summed E-state index contributed by atoms with van der Waals surface area (Å²) in [5, 5.41) is 10.3. The number of carbonyl (C=O) groups excluding carboxylic acids is 1. The highest BCUT2D eigenvalue weighted by Gasteiger charge is 2.23. The molecule has 2 aromatic carbocycles. The first-order valence-electron chi connectivity index (χ1n) is 8.84. The molecule has 0 fully saturated rings. The van der Waals surface area contributed by atoms with Crippen molar-refractivity contribution in [3.63, 3.8) is 0 Å². The molecular formula is C22H16ClN3O2. The van der Waals surface area contributed by atoms with E-state index in [1.165, 1.54) is 0 Å². The van der Waals surface area contributed by atoms with Gasteiger partial charge in [-0.1, -0.05) is 48.0 Å². The summed E-state index contributed by atoms with van der Waals surface area (Å²) in [6, 6.07) is 17.2. The summed E-state index contributed by atoms with van der Waals surface area (Å²) in [7, 11) is 0. The van der Waals surface area contributed by atoms with Crippen LogP contribution in [0.25, 0.3) is 27.8 Å². The number of nitrogens with zero attached hydrogens (tertiary/aromatic N) is 3. The predicted molar refractivity (Wildman–Crippen MR) is 109 cm³/mol. The third-order valence-electron chi connectivity index (χ3n) is 4.73. The molecule has 0 bridgehead atoms. The molecule has 2 aromatic heterocycles. The minimum atomic E-state index is -0.453. The van der Waals surface area contributed by atoms with Crippen LogP contribution in [0.3, 0.4) is 0 Å². The molecule has 4 aromatic rings. The molecule has 0 radical (unpaired) electrons. The Morgan fingerprint density at radius 3 is 2.64 bits per heavy atom. The van der Waals surface area contributed by atoms with Gasteiger partial charge in [-0.3, -0.25) is 4.40 Å². The summed E-state index contributed by atoms with van der Waals surface area (Å²) in [4.78, 5) is 17.0. The fourth-order valence-electron chi connectivity index (χ4n) is 3.47. The highest BCUT2D eigenvalue weighted by atomic mass is 35.5. The van der Waals surface area contributed by atoms with Gasteiger partial charge < -0.3 is 4.74 Å². The van der Waals surface area contributed by atoms with E-state index >= 15 is 0 Å². The standard InChI is InChI=1S/C22H16ClN3O2/c1-3-28-22(27)15-10-7-11-17-19(15)25-21-16(12-24)13(2)18(20(23)26(17)21)14-8-5-4-6-9-14/h4-11H,3H2,1-2H3. The van der Waals surface area contributed by atoms with Crippen LogP contribution < -0.4 is 0 Å². The second kappa shape index (κ2) is 6.99. The summed E-state index contributed by atoms with van der Waals surface area (Å²) in [6.45, 7) is 3.88. The van der Waals surface area contributed by atoms with Gasteiger partial charge in [-0.2, -0.15) is 5.26 Å². The van der Waals surface area contributed by atoms with Crippen molar-refractivity contribution < 1.29 is 9.53 Å². The molecule has 28 heavy (non-hydrogen) atoms. The number of fused-ring (bicyclic) bond motifs is 3. The third-order valence-corrected chi connectivity index (χ3v) is 5.09. The molecule has 5 nitrogen and oxygen atoms in total. The van der Waals surface area contributed by atoms with Crippen LogP contribution >= 0.6 is 11.6 Å². The van der Waals surface area contributed by atoms with E-state index in [4.69, 9.17) is 16.3 Å². The smallest absolute Gasteiger partial charge is 0.340 e. The number of pyridine rings is 1. The molecule has 0 N–H and O–H groups in total. The van der Waals surface area contributed by atoms with Crippen LogP contribution in [0.4, 0.5) is 0 Å². The lowest BCUT2D eigenvalue weighted by molar-refractivity contribution is 0.0528. The fourth-order valence-corrected chi connectivity index (χ4v) is 3.89. The van der Waals surface area contributed by atoms with Crippen LogP contribution in [0.15, 0.2) is 48.5 Å². The molecule has 0 aliphatic rings. The van der Waals surface area contributed by atoms with Gasteiger partial charge in [0.2, 0.25) is 0 Å². The maximum atomic E-state index is 12.4. The number of nitriles is 1. The molecule has 0 atom stereocenters. The number of rotatable bonds is 3. The van der Waals surface area contributed by atoms with Gasteiger partial charge in [0.1, 0.15) is 16.7 Å². The van der Waals surface area contributed by atoms with E-state index in [1.54, 1.807) is 23.5 Å². The molecule has 138 valence electrons. The number of para-hydroxylation sites is 1. The first-order chi connectivity index (χ1) is 13.6. The monoisotopic (exact) mass is 389 g/mol. The minimum Gasteiger partial charge on any atom is -0.462 e. The number of hydrogen-bond donors (Lipinski definition) is 0. The molecule has 0 aliphatic heterocycles. The Labute approximate surface area is 166 Å². The number of benzene rings is 2. The van der Waals surface area contributed by atoms with E-state index in [9.17, 15) is 10.1 Å². The summed E-state index contributed by atoms with van der Waals surface area (Å²) >= 11 is 6.82. The average molecular weight is 390 g/mol. The number of halogens is 1. The van der Waals surface area contributed by atoms with Crippen LogP contribution in [0.2, 0.25) is 5.15 Å². The Kier molecular flexibility index (Phi) is 4.50. The summed E-state index contributed by atoms with van der Waals surface area (Å²) < 4.78 is 6.88. The van der Waals surface area contributed by atoms with Crippen molar-refractivity contribution in [2.45, 2.75) is 13.8 Å². The van der Waals surface area contributed by atoms with Gasteiger partial charge in [-0.05, 0) is 37.1 Å². The van der Waals surface area contributed by atoms with Crippen molar-refractivity contribution in [2.75, 3.05) is 6.61 Å². The first kappa shape index (κ1) is 18.0. The van der Waals surface area contributed by atoms with E-state index in [0.717, 1.165) is 16.7 Å². The van der Waals surface area contributed by atoms with Crippen LogP contribution in [0, 0.1) is 18.3 Å². The van der Waals surface area contributed by atoms with Crippen molar-refractivity contribution in [2.24, 2.45) is 0 Å². The Morgan fingerprint density at radius 2 is 1.96 bits per heavy atom. The quantitative estimate of drug-likeness (QED) is 0.358. The Hall–Kier alpha value is -3.36. The zero-order chi connectivity index (χ0) is 19.8.